The molecule has 26 heavy (non-hydrogen) atoms. The van der Waals surface area contributed by atoms with Gasteiger partial charge in [-0.1, -0.05) is 0 Å². The molecule has 0 unspecified atom stereocenters. The van der Waals surface area contributed by atoms with E-state index < -0.39 is 0 Å². The van der Waals surface area contributed by atoms with Crippen LogP contribution in [-0.2, 0) is 24.1 Å². The Morgan fingerprint density at radius 2 is 2.04 bits per heavy atom. The van der Waals surface area contributed by atoms with E-state index in [1.165, 1.54) is 52.1 Å². The normalized spacial score (nSPS) is 18.2. The molecule has 2 aromatic rings. The van der Waals surface area contributed by atoms with Crippen molar-refractivity contribution in [2.75, 3.05) is 50.2 Å². The van der Waals surface area contributed by atoms with Crippen LogP contribution in [0.5, 0.6) is 0 Å². The van der Waals surface area contributed by atoms with Gasteiger partial charge in [-0.05, 0) is 49.7 Å². The number of thioether (sulfide) groups is 1. The molecule has 0 spiro atoms. The first-order valence-electron chi connectivity index (χ1n) is 9.69. The van der Waals surface area contributed by atoms with Crippen molar-refractivity contribution in [1.29, 1.82) is 0 Å². The molecule has 142 valence electrons. The number of morpholine rings is 1. The predicted molar refractivity (Wildman–Crippen MR) is 112 cm³/mol. The first-order valence-corrected chi connectivity index (χ1v) is 11.9. The Bertz CT molecular complexity index is 743. The van der Waals surface area contributed by atoms with E-state index in [1.54, 1.807) is 0 Å². The highest BCUT2D eigenvalue weighted by Gasteiger charge is 2.22. The number of thiophene rings is 1. The number of hydrogen-bond donors (Lipinski definition) is 1. The summed E-state index contributed by atoms with van der Waals surface area (Å²) >= 11 is 3.80. The van der Waals surface area contributed by atoms with Crippen molar-refractivity contribution in [2.45, 2.75) is 38.6 Å². The van der Waals surface area contributed by atoms with Crippen LogP contribution in [0.25, 0.3) is 10.2 Å². The van der Waals surface area contributed by atoms with Crippen LogP contribution < -0.4 is 5.32 Å². The Balaban J connectivity index is 1.62. The van der Waals surface area contributed by atoms with Gasteiger partial charge in [0.2, 0.25) is 0 Å². The molecule has 0 saturated carbocycles. The van der Waals surface area contributed by atoms with Crippen molar-refractivity contribution in [2.24, 2.45) is 0 Å². The van der Waals surface area contributed by atoms with Gasteiger partial charge in [-0.15, -0.1) is 11.3 Å². The summed E-state index contributed by atoms with van der Waals surface area (Å²) in [5.74, 6) is 3.20. The maximum absolute atomic E-state index is 5.47. The molecule has 0 radical (unpaired) electrons. The van der Waals surface area contributed by atoms with Crippen LogP contribution in [0, 0.1) is 0 Å². The molecule has 1 aliphatic heterocycles. The highest BCUT2D eigenvalue weighted by molar-refractivity contribution is 7.98. The van der Waals surface area contributed by atoms with E-state index in [1.807, 2.05) is 23.1 Å². The lowest BCUT2D eigenvalue weighted by Crippen LogP contribution is -2.36. The van der Waals surface area contributed by atoms with Crippen molar-refractivity contribution >= 4 is 39.1 Å². The lowest BCUT2D eigenvalue weighted by atomic mass is 9.97. The standard InChI is InChI=1S/C19H28N4OS2/c1-25-12-4-7-20-18-17-14-5-2-3-6-15(14)26-19(17)22-16(21-18)13-23-8-10-24-11-9-23/h2-13H2,1H3,(H,20,21,22). The number of hydrogen-bond acceptors (Lipinski definition) is 7. The average molecular weight is 393 g/mol. The summed E-state index contributed by atoms with van der Waals surface area (Å²) in [6.45, 7) is 5.37. The van der Waals surface area contributed by atoms with Crippen molar-refractivity contribution in [3.8, 4) is 0 Å². The molecule has 2 aromatic heterocycles. The van der Waals surface area contributed by atoms with Crippen LogP contribution in [0.1, 0.15) is 35.5 Å². The van der Waals surface area contributed by atoms with Crippen LogP contribution in [-0.4, -0.2) is 59.7 Å². The number of aryl methyl sites for hydroxylation is 2. The van der Waals surface area contributed by atoms with E-state index in [0.29, 0.717) is 0 Å². The van der Waals surface area contributed by atoms with Gasteiger partial charge in [0, 0.05) is 24.5 Å². The molecule has 4 rings (SSSR count). The van der Waals surface area contributed by atoms with Gasteiger partial charge < -0.3 is 10.1 Å². The third-order valence-corrected chi connectivity index (χ3v) is 7.03. The van der Waals surface area contributed by atoms with Crippen molar-refractivity contribution < 1.29 is 4.74 Å². The number of ether oxygens (including phenoxy) is 1. The monoisotopic (exact) mass is 392 g/mol. The minimum atomic E-state index is 0.815. The first kappa shape index (κ1) is 18.5. The van der Waals surface area contributed by atoms with Crippen LogP contribution in [0.2, 0.25) is 0 Å². The second-order valence-electron chi connectivity index (χ2n) is 7.04. The van der Waals surface area contributed by atoms with Crippen LogP contribution in [0.4, 0.5) is 5.82 Å². The Morgan fingerprint density at radius 3 is 2.88 bits per heavy atom. The smallest absolute Gasteiger partial charge is 0.146 e. The highest BCUT2D eigenvalue weighted by Crippen LogP contribution is 2.38. The zero-order chi connectivity index (χ0) is 17.8. The molecule has 1 fully saturated rings. The number of fused-ring (bicyclic) bond motifs is 3. The van der Waals surface area contributed by atoms with Gasteiger partial charge in [0.25, 0.3) is 0 Å². The van der Waals surface area contributed by atoms with Gasteiger partial charge in [-0.2, -0.15) is 11.8 Å². The number of rotatable bonds is 7. The summed E-state index contributed by atoms with van der Waals surface area (Å²) in [4.78, 5) is 15.0. The largest absolute Gasteiger partial charge is 0.379 e. The second-order valence-corrected chi connectivity index (χ2v) is 9.11. The van der Waals surface area contributed by atoms with Gasteiger partial charge in [0.15, 0.2) is 0 Å². The SMILES string of the molecule is CSCCCNc1nc(CN2CCOCC2)nc2sc3c(c12)CCCC3. The lowest BCUT2D eigenvalue weighted by molar-refractivity contribution is 0.0331. The first-order chi connectivity index (χ1) is 12.8. The van der Waals surface area contributed by atoms with E-state index in [0.717, 1.165) is 57.5 Å². The zero-order valence-electron chi connectivity index (χ0n) is 15.6. The van der Waals surface area contributed by atoms with E-state index in [9.17, 15) is 0 Å². The molecule has 2 aliphatic rings. The summed E-state index contributed by atoms with van der Waals surface area (Å²) in [7, 11) is 0. The fourth-order valence-corrected chi connectivity index (χ4v) is 5.50. The summed E-state index contributed by atoms with van der Waals surface area (Å²) < 4.78 is 5.47. The van der Waals surface area contributed by atoms with E-state index in [2.05, 4.69) is 16.5 Å². The van der Waals surface area contributed by atoms with Crippen molar-refractivity contribution in [3.63, 3.8) is 0 Å². The molecule has 0 atom stereocenters. The molecule has 1 aliphatic carbocycles. The quantitative estimate of drug-likeness (QED) is 0.727. The second kappa shape index (κ2) is 8.87. The van der Waals surface area contributed by atoms with Gasteiger partial charge in [-0.3, -0.25) is 4.90 Å². The van der Waals surface area contributed by atoms with Gasteiger partial charge in [0.05, 0.1) is 25.1 Å². The molecular weight excluding hydrogens is 364 g/mol. The van der Waals surface area contributed by atoms with Crippen molar-refractivity contribution in [3.05, 3.63) is 16.3 Å². The lowest BCUT2D eigenvalue weighted by Gasteiger charge is -2.25. The predicted octanol–water partition coefficient (Wildman–Crippen LogP) is 3.57. The maximum atomic E-state index is 5.47. The Morgan fingerprint density at radius 1 is 1.19 bits per heavy atom. The molecule has 0 amide bonds. The number of nitrogens with one attached hydrogen (secondary N) is 1. The fourth-order valence-electron chi connectivity index (χ4n) is 3.78. The third-order valence-electron chi connectivity index (χ3n) is 5.15. The molecule has 7 heteroatoms. The molecular formula is C19H28N4OS2. The molecule has 0 aromatic carbocycles. The molecule has 1 saturated heterocycles. The van der Waals surface area contributed by atoms with E-state index in [-0.39, 0.29) is 0 Å². The number of aromatic nitrogens is 2. The zero-order valence-corrected chi connectivity index (χ0v) is 17.2. The highest BCUT2D eigenvalue weighted by atomic mass is 32.2. The van der Waals surface area contributed by atoms with Gasteiger partial charge >= 0.3 is 0 Å². The van der Waals surface area contributed by atoms with Gasteiger partial charge in [-0.25, -0.2) is 9.97 Å². The summed E-state index contributed by atoms with van der Waals surface area (Å²) in [6, 6.07) is 0. The average Bonchev–Trinajstić information content (AvgIpc) is 3.04. The van der Waals surface area contributed by atoms with Crippen LogP contribution in [0.15, 0.2) is 0 Å². The van der Waals surface area contributed by atoms with E-state index >= 15 is 0 Å². The summed E-state index contributed by atoms with van der Waals surface area (Å²) in [5, 5.41) is 4.94. The topological polar surface area (TPSA) is 50.3 Å². The van der Waals surface area contributed by atoms with E-state index in [4.69, 9.17) is 14.7 Å². The molecule has 3 heterocycles. The fraction of sp³-hybridized carbons (Fsp3) is 0.684. The van der Waals surface area contributed by atoms with Crippen molar-refractivity contribution in [1.82, 2.24) is 14.9 Å². The minimum Gasteiger partial charge on any atom is -0.379 e. The number of nitrogens with zero attached hydrogens (tertiary/aromatic N) is 3. The third kappa shape index (κ3) is 4.16. The van der Waals surface area contributed by atoms with Crippen LogP contribution >= 0.6 is 23.1 Å². The summed E-state index contributed by atoms with van der Waals surface area (Å²) in [6.07, 6.45) is 8.32. The minimum absolute atomic E-state index is 0.815. The molecule has 5 nitrogen and oxygen atoms in total. The van der Waals surface area contributed by atoms with Crippen LogP contribution in [0.3, 0.4) is 0 Å². The Kier molecular flexibility index (Phi) is 6.30. The number of anilines is 1. The summed E-state index contributed by atoms with van der Waals surface area (Å²) in [5.41, 5.74) is 1.52. The maximum Gasteiger partial charge on any atom is 0.146 e. The molecule has 1 N–H and O–H groups in total. The Labute approximate surface area is 163 Å². The molecule has 0 bridgehead atoms. The Hall–Kier alpha value is -0.890. The van der Waals surface area contributed by atoms with Gasteiger partial charge in [0.1, 0.15) is 16.5 Å².